The summed E-state index contributed by atoms with van der Waals surface area (Å²) < 4.78 is 2.67. The summed E-state index contributed by atoms with van der Waals surface area (Å²) in [4.78, 5) is 0. The van der Waals surface area contributed by atoms with Crippen LogP contribution >= 0.6 is 15.9 Å². The molecule has 0 aliphatic carbocycles. The first-order chi connectivity index (χ1) is 8.60. The maximum atomic E-state index is 9.10. The van der Waals surface area contributed by atoms with E-state index in [0.29, 0.717) is 5.56 Å². The normalized spacial score (nSPS) is 11.9. The van der Waals surface area contributed by atoms with Crippen molar-refractivity contribution >= 4 is 21.6 Å². The molecule has 0 bridgehead atoms. The summed E-state index contributed by atoms with van der Waals surface area (Å²) in [6.45, 7) is 2.04. The molecule has 2 rings (SSSR count). The van der Waals surface area contributed by atoms with Crippen LogP contribution in [0.2, 0.25) is 0 Å². The molecule has 18 heavy (non-hydrogen) atoms. The molecule has 4 nitrogen and oxygen atoms in total. The first-order valence-electron chi connectivity index (χ1n) is 5.55. The molecule has 0 saturated heterocycles. The quantitative estimate of drug-likeness (QED) is 0.947. The molecule has 1 atom stereocenters. The zero-order valence-electron chi connectivity index (χ0n) is 10.2. The van der Waals surface area contributed by atoms with E-state index in [0.717, 1.165) is 15.7 Å². The van der Waals surface area contributed by atoms with Crippen LogP contribution in [0, 0.1) is 11.3 Å². The molecule has 0 radical (unpaired) electrons. The number of aryl methyl sites for hydroxylation is 1. The van der Waals surface area contributed by atoms with Crippen molar-refractivity contribution in [1.29, 1.82) is 5.26 Å². The predicted octanol–water partition coefficient (Wildman–Crippen LogP) is 3.23. The summed E-state index contributed by atoms with van der Waals surface area (Å²) in [5.41, 5.74) is 2.54. The van der Waals surface area contributed by atoms with Gasteiger partial charge in [-0.2, -0.15) is 10.4 Å². The van der Waals surface area contributed by atoms with E-state index in [9.17, 15) is 0 Å². The molecule has 0 aliphatic rings. The number of aromatic nitrogens is 2. The average Bonchev–Trinajstić information content (AvgIpc) is 2.78. The van der Waals surface area contributed by atoms with E-state index in [1.807, 2.05) is 38.5 Å². The Kier molecular flexibility index (Phi) is 3.68. The third-order valence-electron chi connectivity index (χ3n) is 2.70. The Bertz CT molecular complexity index is 597. The third-order valence-corrected chi connectivity index (χ3v) is 3.19. The minimum absolute atomic E-state index is 0.104. The summed E-state index contributed by atoms with van der Waals surface area (Å²) in [6.07, 6.45) is 3.78. The van der Waals surface area contributed by atoms with Gasteiger partial charge in [0.2, 0.25) is 0 Å². The molecular formula is C13H13BrN4. The minimum Gasteiger partial charge on any atom is -0.377 e. The highest BCUT2D eigenvalue weighted by Crippen LogP contribution is 2.24. The monoisotopic (exact) mass is 304 g/mol. The van der Waals surface area contributed by atoms with E-state index < -0.39 is 0 Å². The second-order valence-corrected chi connectivity index (χ2v) is 5.03. The Labute approximate surface area is 114 Å². The summed E-state index contributed by atoms with van der Waals surface area (Å²) in [7, 11) is 1.89. The van der Waals surface area contributed by atoms with Crippen LogP contribution in [-0.2, 0) is 7.05 Å². The molecule has 0 spiro atoms. The standard InChI is InChI=1S/C13H13BrN4/c1-9(11-7-16-18(2)8-11)17-13-4-3-12(14)5-10(13)6-15/h3-5,7-9,17H,1-2H3. The Balaban J connectivity index is 2.22. The fourth-order valence-corrected chi connectivity index (χ4v) is 2.08. The maximum Gasteiger partial charge on any atom is 0.101 e. The van der Waals surface area contributed by atoms with Crippen molar-refractivity contribution in [2.45, 2.75) is 13.0 Å². The van der Waals surface area contributed by atoms with Crippen molar-refractivity contribution in [3.63, 3.8) is 0 Å². The average molecular weight is 305 g/mol. The van der Waals surface area contributed by atoms with Crippen LogP contribution < -0.4 is 5.32 Å². The van der Waals surface area contributed by atoms with Gasteiger partial charge < -0.3 is 5.32 Å². The molecule has 0 fully saturated rings. The van der Waals surface area contributed by atoms with Gasteiger partial charge in [-0.3, -0.25) is 4.68 Å². The summed E-state index contributed by atoms with van der Waals surface area (Å²) >= 11 is 3.36. The van der Waals surface area contributed by atoms with Gasteiger partial charge >= 0.3 is 0 Å². The molecule has 1 aromatic heterocycles. The lowest BCUT2D eigenvalue weighted by atomic mass is 10.1. The van der Waals surface area contributed by atoms with Gasteiger partial charge in [0.1, 0.15) is 6.07 Å². The summed E-state index contributed by atoms with van der Waals surface area (Å²) in [5, 5.41) is 16.6. The second kappa shape index (κ2) is 5.23. The number of nitriles is 1. The first-order valence-corrected chi connectivity index (χ1v) is 6.34. The van der Waals surface area contributed by atoms with E-state index in [-0.39, 0.29) is 6.04 Å². The Morgan fingerprint density at radius 1 is 1.50 bits per heavy atom. The molecule has 2 aromatic rings. The van der Waals surface area contributed by atoms with Gasteiger partial charge in [0.25, 0.3) is 0 Å². The highest BCUT2D eigenvalue weighted by atomic mass is 79.9. The molecule has 0 aliphatic heterocycles. The number of rotatable bonds is 3. The van der Waals surface area contributed by atoms with Crippen LogP contribution in [0.15, 0.2) is 35.1 Å². The van der Waals surface area contributed by atoms with Gasteiger partial charge in [-0.15, -0.1) is 0 Å². The highest BCUT2D eigenvalue weighted by molar-refractivity contribution is 9.10. The van der Waals surface area contributed by atoms with Crippen LogP contribution in [0.3, 0.4) is 0 Å². The van der Waals surface area contributed by atoms with Gasteiger partial charge in [-0.05, 0) is 25.1 Å². The number of benzene rings is 1. The highest BCUT2D eigenvalue weighted by Gasteiger charge is 2.10. The molecule has 92 valence electrons. The van der Waals surface area contributed by atoms with Crippen molar-refractivity contribution in [3.8, 4) is 6.07 Å². The lowest BCUT2D eigenvalue weighted by molar-refractivity contribution is 0.765. The molecule has 1 aromatic carbocycles. The largest absolute Gasteiger partial charge is 0.377 e. The van der Waals surface area contributed by atoms with Crippen LogP contribution in [0.1, 0.15) is 24.1 Å². The molecule has 0 amide bonds. The first kappa shape index (κ1) is 12.7. The number of nitrogens with one attached hydrogen (secondary N) is 1. The summed E-state index contributed by atoms with van der Waals surface area (Å²) in [5.74, 6) is 0. The van der Waals surface area contributed by atoms with Gasteiger partial charge in [0, 0.05) is 23.3 Å². The van der Waals surface area contributed by atoms with Crippen molar-refractivity contribution in [3.05, 3.63) is 46.2 Å². The summed E-state index contributed by atoms with van der Waals surface area (Å²) in [6, 6.07) is 7.91. The van der Waals surface area contributed by atoms with Crippen LogP contribution in [0.4, 0.5) is 5.69 Å². The SMILES string of the molecule is CC(Nc1ccc(Br)cc1C#N)c1cnn(C)c1. The van der Waals surface area contributed by atoms with Crippen molar-refractivity contribution in [2.75, 3.05) is 5.32 Å². The number of hydrogen-bond acceptors (Lipinski definition) is 3. The van der Waals surface area contributed by atoms with E-state index in [4.69, 9.17) is 5.26 Å². The molecule has 1 unspecified atom stereocenters. The Morgan fingerprint density at radius 3 is 2.89 bits per heavy atom. The molecule has 0 saturated carbocycles. The van der Waals surface area contributed by atoms with Crippen LogP contribution in [0.25, 0.3) is 0 Å². The predicted molar refractivity (Wildman–Crippen MR) is 74.1 cm³/mol. The molecule has 1 N–H and O–H groups in total. The van der Waals surface area contributed by atoms with E-state index in [1.54, 1.807) is 10.7 Å². The fraction of sp³-hybridized carbons (Fsp3) is 0.231. The van der Waals surface area contributed by atoms with Gasteiger partial charge in [-0.25, -0.2) is 0 Å². The number of anilines is 1. The Hall–Kier alpha value is -1.80. The van der Waals surface area contributed by atoms with E-state index in [1.165, 1.54) is 0 Å². The van der Waals surface area contributed by atoms with Crippen LogP contribution in [-0.4, -0.2) is 9.78 Å². The van der Waals surface area contributed by atoms with Crippen molar-refractivity contribution < 1.29 is 0 Å². The van der Waals surface area contributed by atoms with Gasteiger partial charge in [0.15, 0.2) is 0 Å². The topological polar surface area (TPSA) is 53.6 Å². The number of hydrogen-bond donors (Lipinski definition) is 1. The fourth-order valence-electron chi connectivity index (χ4n) is 1.72. The zero-order chi connectivity index (χ0) is 13.1. The van der Waals surface area contributed by atoms with Gasteiger partial charge in [-0.1, -0.05) is 15.9 Å². The minimum atomic E-state index is 0.104. The van der Waals surface area contributed by atoms with Gasteiger partial charge in [0.05, 0.1) is 23.5 Å². The molecular weight excluding hydrogens is 292 g/mol. The van der Waals surface area contributed by atoms with E-state index in [2.05, 4.69) is 32.4 Å². The Morgan fingerprint density at radius 2 is 2.28 bits per heavy atom. The lowest BCUT2D eigenvalue weighted by Gasteiger charge is -2.14. The number of nitrogens with zero attached hydrogens (tertiary/aromatic N) is 3. The van der Waals surface area contributed by atoms with Crippen LogP contribution in [0.5, 0.6) is 0 Å². The molecule has 5 heteroatoms. The van der Waals surface area contributed by atoms with Crippen molar-refractivity contribution in [2.24, 2.45) is 7.05 Å². The van der Waals surface area contributed by atoms with Crippen molar-refractivity contribution in [1.82, 2.24) is 9.78 Å². The maximum absolute atomic E-state index is 9.10. The lowest BCUT2D eigenvalue weighted by Crippen LogP contribution is -2.07. The zero-order valence-corrected chi connectivity index (χ0v) is 11.8. The third kappa shape index (κ3) is 2.71. The van der Waals surface area contributed by atoms with E-state index >= 15 is 0 Å². The smallest absolute Gasteiger partial charge is 0.101 e. The number of halogens is 1. The second-order valence-electron chi connectivity index (χ2n) is 4.12. The molecule has 1 heterocycles.